The van der Waals surface area contributed by atoms with Crippen LogP contribution in [0.2, 0.25) is 0 Å². The van der Waals surface area contributed by atoms with E-state index < -0.39 is 11.7 Å². The van der Waals surface area contributed by atoms with Gasteiger partial charge in [-0.25, -0.2) is 9.97 Å². The molecule has 0 aliphatic carbocycles. The smallest absolute Gasteiger partial charge is 0.365 e. The van der Waals surface area contributed by atoms with Crippen LogP contribution in [0, 0.1) is 0 Å². The second kappa shape index (κ2) is 7.95. The molecule has 10 heteroatoms. The number of alkyl halides is 3. The molecule has 0 unspecified atom stereocenters. The van der Waals surface area contributed by atoms with Gasteiger partial charge in [-0.05, 0) is 17.7 Å². The number of halogens is 3. The number of nitrogens with zero attached hydrogens (tertiary/aromatic N) is 5. The molecule has 2 aromatic carbocycles. The van der Waals surface area contributed by atoms with Crippen LogP contribution in [-0.2, 0) is 12.7 Å². The summed E-state index contributed by atoms with van der Waals surface area (Å²) in [5.41, 5.74) is 2.34. The number of hydrogen-bond acceptors (Lipinski definition) is 6. The van der Waals surface area contributed by atoms with E-state index in [0.29, 0.717) is 48.4 Å². The lowest BCUT2D eigenvalue weighted by Crippen LogP contribution is -2.35. The molecule has 0 bridgehead atoms. The maximum atomic E-state index is 13.1. The largest absolute Gasteiger partial charge is 0.416 e. The molecule has 5 rings (SSSR count). The van der Waals surface area contributed by atoms with Crippen molar-refractivity contribution in [2.75, 3.05) is 23.3 Å². The zero-order chi connectivity index (χ0) is 22.1. The Kier molecular flexibility index (Phi) is 4.96. The van der Waals surface area contributed by atoms with Crippen LogP contribution in [0.15, 0.2) is 61.1 Å². The Morgan fingerprint density at radius 2 is 1.84 bits per heavy atom. The highest BCUT2D eigenvalue weighted by atomic mass is 19.4. The zero-order valence-electron chi connectivity index (χ0n) is 16.8. The first-order valence-corrected chi connectivity index (χ1v) is 9.96. The van der Waals surface area contributed by atoms with Gasteiger partial charge in [-0.3, -0.25) is 0 Å². The number of aromatic nitrogens is 5. The number of aromatic amines is 1. The van der Waals surface area contributed by atoms with Gasteiger partial charge >= 0.3 is 6.18 Å². The first-order chi connectivity index (χ1) is 15.5. The van der Waals surface area contributed by atoms with Crippen molar-refractivity contribution in [3.63, 3.8) is 0 Å². The van der Waals surface area contributed by atoms with E-state index in [1.807, 2.05) is 29.2 Å². The maximum absolute atomic E-state index is 13.1. The fraction of sp³-hybridized carbons (Fsp3) is 0.182. The lowest BCUT2D eigenvalue weighted by atomic mass is 10.1. The molecule has 1 aliphatic rings. The van der Waals surface area contributed by atoms with Gasteiger partial charge in [-0.2, -0.15) is 13.2 Å². The molecule has 1 aliphatic heterocycles. The van der Waals surface area contributed by atoms with Crippen molar-refractivity contribution in [1.29, 1.82) is 0 Å². The van der Waals surface area contributed by atoms with Crippen LogP contribution >= 0.6 is 0 Å². The van der Waals surface area contributed by atoms with Gasteiger partial charge in [0.25, 0.3) is 0 Å². The Hall–Kier alpha value is -3.95. The predicted octanol–water partition coefficient (Wildman–Crippen LogP) is 4.38. The third kappa shape index (κ3) is 3.98. The van der Waals surface area contributed by atoms with E-state index in [-0.39, 0.29) is 0 Å². The monoisotopic (exact) mass is 437 g/mol. The van der Waals surface area contributed by atoms with Crippen LogP contribution in [0.3, 0.4) is 0 Å². The highest BCUT2D eigenvalue weighted by Gasteiger charge is 2.30. The zero-order valence-corrected chi connectivity index (χ0v) is 16.8. The van der Waals surface area contributed by atoms with E-state index in [0.717, 1.165) is 17.2 Å². The molecule has 0 fully saturated rings. The van der Waals surface area contributed by atoms with Crippen molar-refractivity contribution in [3.8, 4) is 22.6 Å². The van der Waals surface area contributed by atoms with Gasteiger partial charge in [0, 0.05) is 30.8 Å². The van der Waals surface area contributed by atoms with E-state index >= 15 is 0 Å². The Morgan fingerprint density at radius 1 is 1.03 bits per heavy atom. The third-order valence-electron chi connectivity index (χ3n) is 5.23. The van der Waals surface area contributed by atoms with Crippen molar-refractivity contribution >= 4 is 11.6 Å². The summed E-state index contributed by atoms with van der Waals surface area (Å²) in [6.07, 6.45) is -1.17. The Morgan fingerprint density at radius 3 is 2.59 bits per heavy atom. The van der Waals surface area contributed by atoms with E-state index in [2.05, 4.69) is 25.5 Å². The van der Waals surface area contributed by atoms with Crippen LogP contribution in [-0.4, -0.2) is 38.2 Å². The molecule has 0 atom stereocenters. The molecular formula is C22H18F3N7. The molecule has 0 amide bonds. The average molecular weight is 437 g/mol. The molecule has 2 aromatic heterocycles. The van der Waals surface area contributed by atoms with E-state index in [1.54, 1.807) is 12.3 Å². The Balaban J connectivity index is 1.42. The van der Waals surface area contributed by atoms with Gasteiger partial charge in [0.1, 0.15) is 6.33 Å². The standard InChI is InChI=1S/C22H18F3N7/c23-22(24,25)17-3-1-2-14(10-17)12-32-9-8-26-20-21(32)30-18(11-27-20)15-4-6-16(7-5-15)19-28-13-29-31-19/h1-7,10-11,13H,8-9,12H2,(H,26,27)(H,28,29,31). The number of nitrogens with one attached hydrogen (secondary N) is 2. The minimum atomic E-state index is -4.37. The topological polar surface area (TPSA) is 82.6 Å². The van der Waals surface area contributed by atoms with Gasteiger partial charge in [0.15, 0.2) is 17.5 Å². The van der Waals surface area contributed by atoms with Gasteiger partial charge in [-0.15, -0.1) is 10.2 Å². The second-order valence-electron chi connectivity index (χ2n) is 7.39. The van der Waals surface area contributed by atoms with Crippen LogP contribution in [0.5, 0.6) is 0 Å². The lowest BCUT2D eigenvalue weighted by Gasteiger charge is -2.30. The van der Waals surface area contributed by atoms with E-state index in [4.69, 9.17) is 4.98 Å². The SMILES string of the molecule is FC(F)(F)c1cccc(CN2CCNc3ncc(-c4ccc(-c5nnc[nH]5)cc4)nc32)c1. The third-order valence-corrected chi connectivity index (χ3v) is 5.23. The normalized spacial score (nSPS) is 13.5. The summed E-state index contributed by atoms with van der Waals surface area (Å²) in [7, 11) is 0. The summed E-state index contributed by atoms with van der Waals surface area (Å²) >= 11 is 0. The molecule has 4 aromatic rings. The van der Waals surface area contributed by atoms with Crippen LogP contribution < -0.4 is 10.2 Å². The molecule has 0 spiro atoms. The van der Waals surface area contributed by atoms with Crippen LogP contribution in [0.25, 0.3) is 22.6 Å². The molecule has 2 N–H and O–H groups in total. The van der Waals surface area contributed by atoms with Gasteiger partial charge in [-0.1, -0.05) is 36.4 Å². The fourth-order valence-electron chi connectivity index (χ4n) is 3.64. The highest BCUT2D eigenvalue weighted by Crippen LogP contribution is 2.32. The van der Waals surface area contributed by atoms with Crippen LogP contribution in [0.1, 0.15) is 11.1 Å². The number of anilines is 2. The highest BCUT2D eigenvalue weighted by molar-refractivity contribution is 5.70. The number of hydrogen-bond donors (Lipinski definition) is 2. The predicted molar refractivity (Wildman–Crippen MR) is 114 cm³/mol. The van der Waals surface area contributed by atoms with E-state index in [9.17, 15) is 13.2 Å². The van der Waals surface area contributed by atoms with Gasteiger partial charge < -0.3 is 15.2 Å². The summed E-state index contributed by atoms with van der Waals surface area (Å²) in [5.74, 6) is 1.90. The summed E-state index contributed by atoms with van der Waals surface area (Å²) in [6, 6.07) is 13.0. The molecular weight excluding hydrogens is 419 g/mol. The Bertz CT molecular complexity index is 1220. The molecule has 162 valence electrons. The molecule has 0 saturated heterocycles. The quantitative estimate of drug-likeness (QED) is 0.493. The first-order valence-electron chi connectivity index (χ1n) is 9.96. The summed E-state index contributed by atoms with van der Waals surface area (Å²) in [5, 5.41) is 11.0. The molecule has 0 radical (unpaired) electrons. The lowest BCUT2D eigenvalue weighted by molar-refractivity contribution is -0.137. The van der Waals surface area contributed by atoms with Crippen molar-refractivity contribution in [3.05, 3.63) is 72.2 Å². The average Bonchev–Trinajstić information content (AvgIpc) is 3.34. The maximum Gasteiger partial charge on any atom is 0.416 e. The number of rotatable bonds is 4. The minimum absolute atomic E-state index is 0.307. The number of benzene rings is 2. The summed E-state index contributed by atoms with van der Waals surface area (Å²) < 4.78 is 39.3. The number of fused-ring (bicyclic) bond motifs is 1. The van der Waals surface area contributed by atoms with Gasteiger partial charge in [0.2, 0.25) is 0 Å². The molecule has 0 saturated carbocycles. The molecule has 3 heterocycles. The minimum Gasteiger partial charge on any atom is -0.365 e. The van der Waals surface area contributed by atoms with Crippen molar-refractivity contribution in [1.82, 2.24) is 25.1 Å². The van der Waals surface area contributed by atoms with Crippen molar-refractivity contribution in [2.24, 2.45) is 0 Å². The molecule has 32 heavy (non-hydrogen) atoms. The number of H-pyrrole nitrogens is 1. The van der Waals surface area contributed by atoms with Gasteiger partial charge in [0.05, 0.1) is 17.5 Å². The van der Waals surface area contributed by atoms with Crippen LogP contribution in [0.4, 0.5) is 24.8 Å². The Labute approximate surface area is 181 Å². The summed E-state index contributed by atoms with van der Waals surface area (Å²) in [6.45, 7) is 1.54. The van der Waals surface area contributed by atoms with Crippen molar-refractivity contribution in [2.45, 2.75) is 12.7 Å². The molecule has 7 nitrogen and oxygen atoms in total. The van der Waals surface area contributed by atoms with Crippen molar-refractivity contribution < 1.29 is 13.2 Å². The second-order valence-corrected chi connectivity index (χ2v) is 7.39. The van der Waals surface area contributed by atoms with E-state index in [1.165, 1.54) is 18.5 Å². The first kappa shape index (κ1) is 20.0. The summed E-state index contributed by atoms with van der Waals surface area (Å²) in [4.78, 5) is 14.2. The fourth-order valence-corrected chi connectivity index (χ4v) is 3.64.